The van der Waals surface area contributed by atoms with E-state index in [0.29, 0.717) is 6.61 Å². The third kappa shape index (κ3) is 4.11. The van der Waals surface area contributed by atoms with Gasteiger partial charge >= 0.3 is 0 Å². The summed E-state index contributed by atoms with van der Waals surface area (Å²) in [4.78, 5) is 2.41. The van der Waals surface area contributed by atoms with Gasteiger partial charge in [0.05, 0.1) is 5.60 Å². The van der Waals surface area contributed by atoms with Crippen molar-refractivity contribution in [1.29, 1.82) is 0 Å². The zero-order valence-corrected chi connectivity index (χ0v) is 11.9. The number of hydrogen-bond donors (Lipinski definition) is 1. The van der Waals surface area contributed by atoms with E-state index < -0.39 is 0 Å². The van der Waals surface area contributed by atoms with Gasteiger partial charge in [0.2, 0.25) is 0 Å². The largest absolute Gasteiger partial charge is 0.492 e. The summed E-state index contributed by atoms with van der Waals surface area (Å²) in [5, 5.41) is 0. The zero-order chi connectivity index (χ0) is 13.7. The van der Waals surface area contributed by atoms with Crippen molar-refractivity contribution in [2.45, 2.75) is 25.4 Å². The van der Waals surface area contributed by atoms with Crippen LogP contribution in [0.4, 0.5) is 5.69 Å². The molecule has 1 aliphatic heterocycles. The van der Waals surface area contributed by atoms with E-state index in [1.54, 1.807) is 7.11 Å². The molecule has 106 valence electrons. The second kappa shape index (κ2) is 6.26. The maximum Gasteiger partial charge on any atom is 0.119 e. The molecule has 0 amide bonds. The quantitative estimate of drug-likeness (QED) is 0.828. The Bertz CT molecular complexity index is 394. The molecular formula is C15H24N2O2. The van der Waals surface area contributed by atoms with Gasteiger partial charge in [-0.05, 0) is 50.6 Å². The zero-order valence-electron chi connectivity index (χ0n) is 11.9. The average Bonchev–Trinajstić information content (AvgIpc) is 2.41. The second-order valence-corrected chi connectivity index (χ2v) is 5.45. The highest BCUT2D eigenvalue weighted by Crippen LogP contribution is 2.23. The summed E-state index contributed by atoms with van der Waals surface area (Å²) in [6, 6.07) is 7.53. The number of methoxy groups -OCH3 is 1. The minimum absolute atomic E-state index is 0.000548. The normalized spacial score (nSPS) is 24.3. The van der Waals surface area contributed by atoms with Crippen LogP contribution in [0.1, 0.15) is 19.8 Å². The lowest BCUT2D eigenvalue weighted by Crippen LogP contribution is -2.48. The van der Waals surface area contributed by atoms with Crippen molar-refractivity contribution in [2.75, 3.05) is 39.1 Å². The van der Waals surface area contributed by atoms with E-state index in [9.17, 15) is 0 Å². The maximum absolute atomic E-state index is 5.73. The minimum Gasteiger partial charge on any atom is -0.492 e. The van der Waals surface area contributed by atoms with Crippen molar-refractivity contribution in [2.24, 2.45) is 0 Å². The van der Waals surface area contributed by atoms with Gasteiger partial charge < -0.3 is 15.2 Å². The Labute approximate surface area is 115 Å². The first-order valence-electron chi connectivity index (χ1n) is 6.87. The van der Waals surface area contributed by atoms with Crippen molar-refractivity contribution < 1.29 is 9.47 Å². The average molecular weight is 264 g/mol. The van der Waals surface area contributed by atoms with Crippen LogP contribution >= 0.6 is 0 Å². The first kappa shape index (κ1) is 14.2. The smallest absolute Gasteiger partial charge is 0.119 e. The van der Waals surface area contributed by atoms with Crippen LogP contribution in [0.2, 0.25) is 0 Å². The minimum atomic E-state index is -0.000548. The second-order valence-electron chi connectivity index (χ2n) is 5.45. The lowest BCUT2D eigenvalue weighted by Gasteiger charge is -2.39. The molecule has 1 aromatic rings. The number of nitrogens with two attached hydrogens (primary N) is 1. The number of anilines is 1. The fourth-order valence-corrected chi connectivity index (χ4v) is 2.52. The van der Waals surface area contributed by atoms with Crippen LogP contribution in [0.3, 0.4) is 0 Å². The molecule has 1 aromatic carbocycles. The Morgan fingerprint density at radius 1 is 1.32 bits per heavy atom. The topological polar surface area (TPSA) is 47.7 Å². The van der Waals surface area contributed by atoms with Gasteiger partial charge in [0, 0.05) is 25.9 Å². The molecule has 0 radical (unpaired) electrons. The van der Waals surface area contributed by atoms with Gasteiger partial charge in [-0.25, -0.2) is 0 Å². The van der Waals surface area contributed by atoms with Crippen molar-refractivity contribution in [1.82, 2.24) is 4.90 Å². The van der Waals surface area contributed by atoms with E-state index in [1.807, 2.05) is 24.3 Å². The number of benzene rings is 1. The molecule has 2 N–H and O–H groups in total. The van der Waals surface area contributed by atoms with E-state index in [0.717, 1.165) is 37.5 Å². The number of nitrogens with zero attached hydrogens (tertiary/aromatic N) is 1. The first-order valence-corrected chi connectivity index (χ1v) is 6.87. The van der Waals surface area contributed by atoms with Gasteiger partial charge in [-0.15, -0.1) is 0 Å². The van der Waals surface area contributed by atoms with Crippen LogP contribution in [0.25, 0.3) is 0 Å². The monoisotopic (exact) mass is 264 g/mol. The molecule has 0 saturated carbocycles. The van der Waals surface area contributed by atoms with Gasteiger partial charge in [0.15, 0.2) is 0 Å². The summed E-state index contributed by atoms with van der Waals surface area (Å²) in [7, 11) is 1.80. The highest BCUT2D eigenvalue weighted by atomic mass is 16.5. The van der Waals surface area contributed by atoms with E-state index in [-0.39, 0.29) is 5.60 Å². The van der Waals surface area contributed by atoms with Gasteiger partial charge in [-0.1, -0.05) is 0 Å². The van der Waals surface area contributed by atoms with Crippen LogP contribution in [0.5, 0.6) is 5.75 Å². The summed E-state index contributed by atoms with van der Waals surface area (Å²) in [5.74, 6) is 0.876. The van der Waals surface area contributed by atoms with E-state index in [2.05, 4.69) is 11.8 Å². The van der Waals surface area contributed by atoms with E-state index in [4.69, 9.17) is 15.2 Å². The molecule has 1 unspecified atom stereocenters. The van der Waals surface area contributed by atoms with Crippen LogP contribution in [-0.2, 0) is 4.74 Å². The number of ether oxygens (including phenoxy) is 2. The van der Waals surface area contributed by atoms with Gasteiger partial charge in [-0.2, -0.15) is 0 Å². The summed E-state index contributed by atoms with van der Waals surface area (Å²) >= 11 is 0. The van der Waals surface area contributed by atoms with Crippen molar-refractivity contribution in [3.8, 4) is 5.75 Å². The predicted molar refractivity (Wildman–Crippen MR) is 77.4 cm³/mol. The van der Waals surface area contributed by atoms with Gasteiger partial charge in [-0.3, -0.25) is 4.90 Å². The van der Waals surface area contributed by atoms with Gasteiger partial charge in [0.1, 0.15) is 12.4 Å². The van der Waals surface area contributed by atoms with Crippen molar-refractivity contribution in [3.63, 3.8) is 0 Å². The molecule has 1 heterocycles. The lowest BCUT2D eigenvalue weighted by atomic mass is 9.95. The molecule has 0 aliphatic carbocycles. The maximum atomic E-state index is 5.73. The predicted octanol–water partition coefficient (Wildman–Crippen LogP) is 2.15. The Morgan fingerprint density at radius 2 is 2.05 bits per heavy atom. The van der Waals surface area contributed by atoms with Crippen LogP contribution in [0, 0.1) is 0 Å². The molecule has 4 nitrogen and oxygen atoms in total. The Morgan fingerprint density at radius 3 is 2.74 bits per heavy atom. The Kier molecular flexibility index (Phi) is 4.66. The summed E-state index contributed by atoms with van der Waals surface area (Å²) in [6.45, 7) is 5.92. The molecule has 0 aromatic heterocycles. The molecule has 2 rings (SSSR count). The summed E-state index contributed by atoms with van der Waals surface area (Å²) < 4.78 is 11.3. The molecule has 1 aliphatic rings. The number of rotatable bonds is 5. The molecule has 19 heavy (non-hydrogen) atoms. The lowest BCUT2D eigenvalue weighted by molar-refractivity contribution is -0.0524. The summed E-state index contributed by atoms with van der Waals surface area (Å²) in [6.07, 6.45) is 2.32. The molecule has 0 bridgehead atoms. The Balaban J connectivity index is 1.75. The van der Waals surface area contributed by atoms with Crippen molar-refractivity contribution >= 4 is 5.69 Å². The van der Waals surface area contributed by atoms with Gasteiger partial charge in [0.25, 0.3) is 0 Å². The molecule has 0 spiro atoms. The van der Waals surface area contributed by atoms with Crippen LogP contribution in [-0.4, -0.2) is 43.9 Å². The summed E-state index contributed by atoms with van der Waals surface area (Å²) in [5.41, 5.74) is 6.40. The molecule has 1 saturated heterocycles. The molecule has 4 heteroatoms. The first-order chi connectivity index (χ1) is 9.11. The molecule has 1 atom stereocenters. The van der Waals surface area contributed by atoms with E-state index >= 15 is 0 Å². The number of nitrogen functional groups attached to an aromatic ring is 1. The van der Waals surface area contributed by atoms with Crippen molar-refractivity contribution in [3.05, 3.63) is 24.3 Å². The van der Waals surface area contributed by atoms with Crippen LogP contribution < -0.4 is 10.5 Å². The molecule has 1 fully saturated rings. The number of piperidine rings is 1. The third-order valence-electron chi connectivity index (χ3n) is 3.79. The van der Waals surface area contributed by atoms with Crippen LogP contribution in [0.15, 0.2) is 24.3 Å². The number of likely N-dealkylation sites (tertiary alicyclic amines) is 1. The highest BCUT2D eigenvalue weighted by Gasteiger charge is 2.30. The number of hydrogen-bond acceptors (Lipinski definition) is 4. The van der Waals surface area contributed by atoms with E-state index in [1.165, 1.54) is 6.42 Å². The standard InChI is InChI=1S/C15H24N2O2/c1-15(18-2)8-3-9-17(12-15)10-11-19-14-6-4-13(16)5-7-14/h4-7H,3,8-12,16H2,1-2H3. The highest BCUT2D eigenvalue weighted by molar-refractivity contribution is 5.41. The fourth-order valence-electron chi connectivity index (χ4n) is 2.52. The Hall–Kier alpha value is -1.26. The SMILES string of the molecule is COC1(C)CCCN(CCOc2ccc(N)cc2)C1. The fraction of sp³-hybridized carbons (Fsp3) is 0.600. The molecular weight excluding hydrogens is 240 g/mol. The third-order valence-corrected chi connectivity index (χ3v) is 3.79.